The van der Waals surface area contributed by atoms with Crippen LogP contribution in [0.3, 0.4) is 0 Å². The van der Waals surface area contributed by atoms with Gasteiger partial charge in [-0.1, -0.05) is 12.2 Å². The Balaban J connectivity index is 2.53. The summed E-state index contributed by atoms with van der Waals surface area (Å²) in [5, 5.41) is 1.49. The molecule has 2 aromatic rings. The summed E-state index contributed by atoms with van der Waals surface area (Å²) in [6, 6.07) is 7.52. The predicted molar refractivity (Wildman–Crippen MR) is 85.7 cm³/mol. The molecule has 0 aliphatic carbocycles. The Labute approximate surface area is 130 Å². The van der Waals surface area contributed by atoms with E-state index in [0.717, 1.165) is 16.0 Å². The van der Waals surface area contributed by atoms with E-state index in [2.05, 4.69) is 20.9 Å². The summed E-state index contributed by atoms with van der Waals surface area (Å²) < 4.78 is 7.73. The molecular formula is C14H11BrN2O2S. The van der Waals surface area contributed by atoms with Crippen LogP contribution in [0.2, 0.25) is 0 Å². The van der Waals surface area contributed by atoms with Crippen molar-refractivity contribution in [3.05, 3.63) is 46.5 Å². The Morgan fingerprint density at radius 2 is 2.05 bits per heavy atom. The lowest BCUT2D eigenvalue weighted by Crippen LogP contribution is -1.99. The van der Waals surface area contributed by atoms with Crippen LogP contribution in [0.1, 0.15) is 11.5 Å². The van der Waals surface area contributed by atoms with Crippen molar-refractivity contribution in [1.29, 1.82) is 0 Å². The maximum Gasteiger partial charge on any atom is 0.149 e. The third kappa shape index (κ3) is 2.86. The van der Waals surface area contributed by atoms with Crippen LogP contribution in [0, 0.1) is 0 Å². The topological polar surface area (TPSA) is 44.1 Å². The molecule has 0 aliphatic heterocycles. The number of carbonyl (C=O) groups excluding carboxylic acids is 1. The minimum Gasteiger partial charge on any atom is -0.497 e. The molecule has 0 N–H and O–H groups in total. The van der Waals surface area contributed by atoms with E-state index in [9.17, 15) is 4.79 Å². The number of methoxy groups -OCH3 is 1. The first-order valence-electron chi connectivity index (χ1n) is 5.71. The molecule has 6 heteroatoms. The van der Waals surface area contributed by atoms with Gasteiger partial charge in [-0.3, -0.25) is 9.36 Å². The highest BCUT2D eigenvalue weighted by molar-refractivity contribution is 9.10. The summed E-state index contributed by atoms with van der Waals surface area (Å²) >= 11 is 8.47. The lowest BCUT2D eigenvalue weighted by molar-refractivity contribution is -0.104. The number of hydrogen-bond acceptors (Lipinski definition) is 4. The second-order valence-corrected chi connectivity index (χ2v) is 4.78. The van der Waals surface area contributed by atoms with Gasteiger partial charge in [-0.15, -0.1) is 0 Å². The lowest BCUT2D eigenvalue weighted by Gasteiger charge is -2.07. The number of aromatic nitrogens is 2. The highest BCUT2D eigenvalue weighted by Crippen LogP contribution is 2.25. The Morgan fingerprint density at radius 1 is 1.35 bits per heavy atom. The zero-order valence-electron chi connectivity index (χ0n) is 10.6. The van der Waals surface area contributed by atoms with Gasteiger partial charge in [-0.05, 0) is 52.3 Å². The molecule has 0 fully saturated rings. The van der Waals surface area contributed by atoms with E-state index in [4.69, 9.17) is 17.0 Å². The Kier molecular flexibility index (Phi) is 4.81. The average molecular weight is 351 g/mol. The molecule has 0 saturated carbocycles. The maximum absolute atomic E-state index is 10.4. The highest BCUT2D eigenvalue weighted by Gasteiger charge is 2.13. The van der Waals surface area contributed by atoms with Crippen molar-refractivity contribution in [3.8, 4) is 11.4 Å². The van der Waals surface area contributed by atoms with Crippen LogP contribution in [0.4, 0.5) is 0 Å². The molecule has 102 valence electrons. The van der Waals surface area contributed by atoms with Crippen LogP contribution in [-0.2, 0) is 4.79 Å². The van der Waals surface area contributed by atoms with Crippen LogP contribution in [0.15, 0.2) is 34.9 Å². The smallest absolute Gasteiger partial charge is 0.149 e. The summed E-state index contributed by atoms with van der Waals surface area (Å²) in [5.74, 6) is 1.39. The second-order valence-electron chi connectivity index (χ2n) is 3.79. The third-order valence-corrected chi connectivity index (χ3v) is 3.61. The molecule has 1 aromatic carbocycles. The van der Waals surface area contributed by atoms with E-state index in [-0.39, 0.29) is 0 Å². The maximum atomic E-state index is 10.4. The van der Waals surface area contributed by atoms with Crippen LogP contribution >= 0.6 is 28.1 Å². The quantitative estimate of drug-likeness (QED) is 0.471. The molecule has 0 aliphatic rings. The summed E-state index contributed by atoms with van der Waals surface area (Å²) in [7, 11) is 1.62. The van der Waals surface area contributed by atoms with Gasteiger partial charge in [0.15, 0.2) is 0 Å². The molecule has 0 atom stereocenters. The fourth-order valence-corrected chi connectivity index (χ4v) is 2.49. The molecule has 4 nitrogen and oxygen atoms in total. The van der Waals surface area contributed by atoms with Gasteiger partial charge < -0.3 is 4.74 Å². The molecule has 1 aromatic heterocycles. The fraction of sp³-hybridized carbons (Fsp3) is 0.0714. The van der Waals surface area contributed by atoms with Crippen molar-refractivity contribution in [2.45, 2.75) is 0 Å². The number of ether oxygens (including phenoxy) is 1. The summed E-state index contributed by atoms with van der Waals surface area (Å²) in [4.78, 5) is 14.8. The molecule has 1 heterocycles. The largest absolute Gasteiger partial charge is 0.497 e. The van der Waals surface area contributed by atoms with Gasteiger partial charge >= 0.3 is 0 Å². The Morgan fingerprint density at radius 3 is 2.60 bits per heavy atom. The van der Waals surface area contributed by atoms with Crippen LogP contribution in [-0.4, -0.2) is 28.3 Å². The minimum absolute atomic E-state index is 0.614. The first kappa shape index (κ1) is 14.6. The Bertz CT molecular complexity index is 663. The standard InChI is InChI=1S/C14H11BrN2O2S/c1-19-11-6-4-10(5-7-11)17-13(9-20)16-12(14(17)15)3-2-8-18/h2-9H,1H3. The summed E-state index contributed by atoms with van der Waals surface area (Å²) in [6.07, 6.45) is 3.72. The number of halogens is 1. The number of aldehydes is 1. The number of allylic oxidation sites excluding steroid dienone is 1. The Hall–Kier alpha value is -1.79. The monoisotopic (exact) mass is 350 g/mol. The van der Waals surface area contributed by atoms with Gasteiger partial charge in [0.2, 0.25) is 0 Å². The molecular weight excluding hydrogens is 340 g/mol. The molecule has 0 bridgehead atoms. The average Bonchev–Trinajstić information content (AvgIpc) is 2.81. The fourth-order valence-electron chi connectivity index (χ4n) is 1.73. The van der Waals surface area contributed by atoms with E-state index >= 15 is 0 Å². The van der Waals surface area contributed by atoms with E-state index in [0.29, 0.717) is 17.8 Å². The third-order valence-electron chi connectivity index (χ3n) is 2.64. The van der Waals surface area contributed by atoms with Crippen molar-refractivity contribution < 1.29 is 9.53 Å². The molecule has 20 heavy (non-hydrogen) atoms. The first-order valence-corrected chi connectivity index (χ1v) is 6.97. The molecule has 0 saturated heterocycles. The molecule has 0 spiro atoms. The number of rotatable bonds is 5. The van der Waals surface area contributed by atoms with Gasteiger partial charge in [0.1, 0.15) is 22.5 Å². The van der Waals surface area contributed by atoms with Gasteiger partial charge in [0, 0.05) is 11.1 Å². The SMILES string of the molecule is COc1ccc(-n2c(C=S)nc(C=CC=O)c2Br)cc1. The van der Waals surface area contributed by atoms with E-state index in [1.54, 1.807) is 13.2 Å². The number of imidazole rings is 1. The predicted octanol–water partition coefficient (Wildman–Crippen LogP) is 3.20. The van der Waals surface area contributed by atoms with Gasteiger partial charge in [-0.2, -0.15) is 0 Å². The number of hydrogen-bond donors (Lipinski definition) is 0. The highest BCUT2D eigenvalue weighted by atomic mass is 79.9. The molecule has 0 radical (unpaired) electrons. The zero-order chi connectivity index (χ0) is 14.5. The number of benzene rings is 1. The minimum atomic E-state index is 0.614. The molecule has 2 rings (SSSR count). The van der Waals surface area contributed by atoms with E-state index in [1.807, 2.05) is 28.8 Å². The van der Waals surface area contributed by atoms with E-state index in [1.165, 1.54) is 11.4 Å². The van der Waals surface area contributed by atoms with Crippen molar-refractivity contribution in [2.24, 2.45) is 0 Å². The van der Waals surface area contributed by atoms with Gasteiger partial charge in [0.25, 0.3) is 0 Å². The van der Waals surface area contributed by atoms with Crippen LogP contribution in [0.25, 0.3) is 11.8 Å². The first-order chi connectivity index (χ1) is 9.71. The second kappa shape index (κ2) is 6.58. The van der Waals surface area contributed by atoms with Crippen molar-refractivity contribution >= 4 is 45.9 Å². The number of nitrogens with zero attached hydrogens (tertiary/aromatic N) is 2. The summed E-state index contributed by atoms with van der Waals surface area (Å²) in [5.41, 5.74) is 1.54. The number of carbonyl (C=O) groups is 1. The molecule has 0 unspecified atom stereocenters. The van der Waals surface area contributed by atoms with Gasteiger partial charge in [-0.25, -0.2) is 4.98 Å². The zero-order valence-corrected chi connectivity index (χ0v) is 13.0. The van der Waals surface area contributed by atoms with Crippen LogP contribution < -0.4 is 4.74 Å². The summed E-state index contributed by atoms with van der Waals surface area (Å²) in [6.45, 7) is 0. The van der Waals surface area contributed by atoms with E-state index < -0.39 is 0 Å². The number of thiocarbonyl (C=S) groups is 1. The van der Waals surface area contributed by atoms with Crippen molar-refractivity contribution in [2.75, 3.05) is 7.11 Å². The van der Waals surface area contributed by atoms with Crippen LogP contribution in [0.5, 0.6) is 5.75 Å². The molecule has 0 amide bonds. The van der Waals surface area contributed by atoms with Crippen molar-refractivity contribution in [3.63, 3.8) is 0 Å². The van der Waals surface area contributed by atoms with Gasteiger partial charge in [0.05, 0.1) is 12.8 Å². The normalized spacial score (nSPS) is 10.7. The lowest BCUT2D eigenvalue weighted by atomic mass is 10.3. The van der Waals surface area contributed by atoms with Crippen molar-refractivity contribution in [1.82, 2.24) is 9.55 Å².